The zero-order valence-corrected chi connectivity index (χ0v) is 22.1. The Labute approximate surface area is 224 Å². The van der Waals surface area contributed by atoms with Crippen LogP contribution in [0, 0.1) is 6.92 Å². The summed E-state index contributed by atoms with van der Waals surface area (Å²) >= 11 is 0. The van der Waals surface area contributed by atoms with Gasteiger partial charge in [0.2, 0.25) is 0 Å². The van der Waals surface area contributed by atoms with Crippen molar-refractivity contribution in [3.63, 3.8) is 0 Å². The Bertz CT molecular complexity index is 1510. The lowest BCUT2D eigenvalue weighted by Crippen LogP contribution is -2.33. The van der Waals surface area contributed by atoms with Gasteiger partial charge in [0.15, 0.2) is 5.60 Å². The fourth-order valence-electron chi connectivity index (χ4n) is 5.73. The third-order valence-corrected chi connectivity index (χ3v) is 7.45. The second-order valence-corrected chi connectivity index (χ2v) is 10.0. The first-order valence-corrected chi connectivity index (χ1v) is 13.4. The van der Waals surface area contributed by atoms with Crippen molar-refractivity contribution in [1.29, 1.82) is 0 Å². The highest BCUT2D eigenvalue weighted by atomic mass is 16.6. The van der Waals surface area contributed by atoms with Crippen molar-refractivity contribution in [3.05, 3.63) is 113 Å². The normalized spacial score (nSPS) is 16.8. The van der Waals surface area contributed by atoms with E-state index in [1.807, 2.05) is 60.7 Å². The third kappa shape index (κ3) is 3.81. The minimum atomic E-state index is -1.09. The molecule has 5 nitrogen and oxygen atoms in total. The number of hydrogen-bond acceptors (Lipinski definition) is 5. The van der Waals surface area contributed by atoms with Crippen molar-refractivity contribution in [1.82, 2.24) is 0 Å². The third-order valence-electron chi connectivity index (χ3n) is 7.45. The van der Waals surface area contributed by atoms with Gasteiger partial charge in [-0.15, -0.1) is 0 Å². The van der Waals surface area contributed by atoms with E-state index in [2.05, 4.69) is 55.3 Å². The van der Waals surface area contributed by atoms with Crippen LogP contribution >= 0.6 is 0 Å². The molecule has 0 saturated carbocycles. The van der Waals surface area contributed by atoms with Crippen LogP contribution < -0.4 is 15.0 Å². The molecule has 0 radical (unpaired) electrons. The van der Waals surface area contributed by atoms with Gasteiger partial charge in [0.1, 0.15) is 11.5 Å². The van der Waals surface area contributed by atoms with Crippen molar-refractivity contribution >= 4 is 23.0 Å². The van der Waals surface area contributed by atoms with Crippen LogP contribution in [0.2, 0.25) is 0 Å². The van der Waals surface area contributed by atoms with Crippen molar-refractivity contribution in [2.75, 3.05) is 23.3 Å². The first kappa shape index (κ1) is 24.1. The molecule has 0 bridgehead atoms. The van der Waals surface area contributed by atoms with E-state index in [4.69, 9.17) is 9.47 Å². The molecular formula is C33H32N2O3. The number of hydrogen-bond donors (Lipinski definition) is 1. The number of nitrogens with one attached hydrogen (secondary N) is 1. The van der Waals surface area contributed by atoms with Gasteiger partial charge in [0.25, 0.3) is 0 Å². The van der Waals surface area contributed by atoms with E-state index in [-0.39, 0.29) is 5.97 Å². The van der Waals surface area contributed by atoms with Crippen molar-refractivity contribution in [2.45, 2.75) is 39.2 Å². The Morgan fingerprint density at radius 3 is 2.26 bits per heavy atom. The standard InChI is InChI=1S/C33H32N2O3/c1-4-17-35(18-5-2)24-15-16-27-31(20-24)37-30-19-22(3)29(34-23-11-7-6-8-12-23)21-28(30)33(27)26-14-10-9-13-25(26)32(36)38-33/h6-16,19-21,34H,4-5,17-18H2,1-3H3. The summed E-state index contributed by atoms with van der Waals surface area (Å²) in [6, 6.07) is 28.2. The molecule has 0 aliphatic carbocycles. The summed E-state index contributed by atoms with van der Waals surface area (Å²) in [7, 11) is 0. The van der Waals surface area contributed by atoms with Gasteiger partial charge in [-0.2, -0.15) is 0 Å². The molecule has 1 N–H and O–H groups in total. The largest absolute Gasteiger partial charge is 0.456 e. The SMILES string of the molecule is CCCN(CCC)c1ccc2c(c1)Oc1cc(C)c(Nc3ccccc3)cc1C21OC(=O)c2ccccc21. The molecule has 0 saturated heterocycles. The molecule has 0 amide bonds. The number of anilines is 3. The van der Waals surface area contributed by atoms with E-state index in [0.29, 0.717) is 11.3 Å². The second-order valence-electron chi connectivity index (χ2n) is 10.0. The molecular weight excluding hydrogens is 472 g/mol. The molecule has 1 atom stereocenters. The van der Waals surface area contributed by atoms with E-state index < -0.39 is 5.60 Å². The maximum atomic E-state index is 13.3. The molecule has 5 heteroatoms. The van der Waals surface area contributed by atoms with E-state index in [1.54, 1.807) is 0 Å². The average molecular weight is 505 g/mol. The number of esters is 1. The summed E-state index contributed by atoms with van der Waals surface area (Å²) in [4.78, 5) is 15.6. The smallest absolute Gasteiger partial charge is 0.340 e. The fraction of sp³-hybridized carbons (Fsp3) is 0.242. The zero-order valence-electron chi connectivity index (χ0n) is 22.1. The highest BCUT2D eigenvalue weighted by molar-refractivity contribution is 5.97. The highest BCUT2D eigenvalue weighted by Gasteiger charge is 2.53. The predicted octanol–water partition coefficient (Wildman–Crippen LogP) is 7.93. The second kappa shape index (κ2) is 9.56. The van der Waals surface area contributed by atoms with Gasteiger partial charge in [-0.1, -0.05) is 50.2 Å². The minimum absolute atomic E-state index is 0.319. The number of ether oxygens (including phenoxy) is 2. The van der Waals surface area contributed by atoms with Crippen LogP contribution in [-0.4, -0.2) is 19.1 Å². The number of carbonyl (C=O) groups excluding carboxylic acids is 1. The number of nitrogens with zero attached hydrogens (tertiary/aromatic N) is 1. The molecule has 0 fully saturated rings. The van der Waals surface area contributed by atoms with Crippen LogP contribution in [0.4, 0.5) is 17.1 Å². The van der Waals surface area contributed by atoms with E-state index >= 15 is 0 Å². The zero-order chi connectivity index (χ0) is 26.3. The van der Waals surface area contributed by atoms with Gasteiger partial charge in [-0.25, -0.2) is 4.79 Å². The Morgan fingerprint density at radius 2 is 1.50 bits per heavy atom. The van der Waals surface area contributed by atoms with Gasteiger partial charge in [0, 0.05) is 52.9 Å². The summed E-state index contributed by atoms with van der Waals surface area (Å²) in [6.45, 7) is 8.40. The molecule has 1 spiro atoms. The molecule has 2 aliphatic heterocycles. The lowest BCUT2D eigenvalue weighted by Gasteiger charge is -2.38. The Kier molecular flexibility index (Phi) is 6.07. The molecule has 0 aromatic heterocycles. The number of para-hydroxylation sites is 1. The van der Waals surface area contributed by atoms with Crippen LogP contribution in [0.3, 0.4) is 0 Å². The van der Waals surface area contributed by atoms with Gasteiger partial charge in [0.05, 0.1) is 5.56 Å². The number of rotatable bonds is 7. The molecule has 4 aromatic rings. The van der Waals surface area contributed by atoms with Crippen LogP contribution in [0.15, 0.2) is 84.9 Å². The monoisotopic (exact) mass is 504 g/mol. The van der Waals surface area contributed by atoms with Crippen molar-refractivity contribution in [2.24, 2.45) is 0 Å². The van der Waals surface area contributed by atoms with Gasteiger partial charge in [-0.05, 0) is 67.8 Å². The van der Waals surface area contributed by atoms with Crippen LogP contribution in [0.25, 0.3) is 0 Å². The minimum Gasteiger partial charge on any atom is -0.456 e. The predicted molar refractivity (Wildman–Crippen MR) is 152 cm³/mol. The average Bonchev–Trinajstić information content (AvgIpc) is 3.23. The van der Waals surface area contributed by atoms with E-state index in [9.17, 15) is 4.79 Å². The van der Waals surface area contributed by atoms with Crippen LogP contribution in [0.5, 0.6) is 11.5 Å². The lowest BCUT2D eigenvalue weighted by atomic mass is 9.77. The van der Waals surface area contributed by atoms with Crippen molar-refractivity contribution in [3.8, 4) is 11.5 Å². The molecule has 2 aliphatic rings. The molecule has 1 unspecified atom stereocenters. The van der Waals surface area contributed by atoms with Gasteiger partial charge in [-0.3, -0.25) is 0 Å². The Balaban J connectivity index is 1.55. The van der Waals surface area contributed by atoms with Crippen LogP contribution in [-0.2, 0) is 10.3 Å². The molecule has 38 heavy (non-hydrogen) atoms. The summed E-state index contributed by atoms with van der Waals surface area (Å²) in [6.07, 6.45) is 2.12. The molecule has 2 heterocycles. The van der Waals surface area contributed by atoms with E-state index in [1.165, 1.54) is 0 Å². The van der Waals surface area contributed by atoms with Gasteiger partial charge < -0.3 is 19.7 Å². The lowest BCUT2D eigenvalue weighted by molar-refractivity contribution is 0.0224. The summed E-state index contributed by atoms with van der Waals surface area (Å²) < 4.78 is 13.0. The van der Waals surface area contributed by atoms with Gasteiger partial charge >= 0.3 is 5.97 Å². The maximum absolute atomic E-state index is 13.3. The Morgan fingerprint density at radius 1 is 0.789 bits per heavy atom. The first-order valence-electron chi connectivity index (χ1n) is 13.4. The fourth-order valence-corrected chi connectivity index (χ4v) is 5.73. The molecule has 6 rings (SSSR count). The molecule has 192 valence electrons. The molecule has 4 aromatic carbocycles. The van der Waals surface area contributed by atoms with Crippen LogP contribution in [0.1, 0.15) is 59.3 Å². The summed E-state index contributed by atoms with van der Waals surface area (Å²) in [5.41, 5.74) is 6.09. The van der Waals surface area contributed by atoms with Crippen molar-refractivity contribution < 1.29 is 14.3 Å². The number of fused-ring (bicyclic) bond motifs is 6. The number of aryl methyl sites for hydroxylation is 1. The number of benzene rings is 4. The topological polar surface area (TPSA) is 50.8 Å². The highest BCUT2D eigenvalue weighted by Crippen LogP contribution is 2.57. The summed E-state index contributed by atoms with van der Waals surface area (Å²) in [5.74, 6) is 1.10. The summed E-state index contributed by atoms with van der Waals surface area (Å²) in [5, 5.41) is 3.54. The number of carbonyl (C=O) groups is 1. The quantitative estimate of drug-likeness (QED) is 0.259. The maximum Gasteiger partial charge on any atom is 0.340 e. The Hall–Kier alpha value is -4.25. The first-order chi connectivity index (χ1) is 18.5. The van der Waals surface area contributed by atoms with E-state index in [0.717, 1.165) is 71.0 Å².